The molecule has 5 nitrogen and oxygen atoms in total. The second-order valence-corrected chi connectivity index (χ2v) is 3.64. The van der Waals surface area contributed by atoms with Crippen molar-refractivity contribution in [1.29, 1.82) is 0 Å². The lowest BCUT2D eigenvalue weighted by atomic mass is 10.1. The molecule has 15 heavy (non-hydrogen) atoms. The van der Waals surface area contributed by atoms with Gasteiger partial charge in [0, 0.05) is 23.9 Å². The van der Waals surface area contributed by atoms with Crippen molar-refractivity contribution in [1.82, 2.24) is 10.2 Å². The van der Waals surface area contributed by atoms with E-state index >= 15 is 0 Å². The molecule has 0 fully saturated rings. The molecular weight excluding hydrogens is 262 g/mol. The number of nitro groups is 1. The molecule has 0 radical (unpaired) electrons. The minimum absolute atomic E-state index is 0.0818. The van der Waals surface area contributed by atoms with Crippen LogP contribution in [0.4, 0.5) is 5.69 Å². The molecular formula is C9H6BrN3O2. The molecule has 0 aliphatic carbocycles. The topological polar surface area (TPSA) is 71.8 Å². The van der Waals surface area contributed by atoms with Gasteiger partial charge in [-0.2, -0.15) is 5.10 Å². The number of aromatic nitrogens is 2. The summed E-state index contributed by atoms with van der Waals surface area (Å²) in [7, 11) is 0. The van der Waals surface area contributed by atoms with E-state index < -0.39 is 4.92 Å². The van der Waals surface area contributed by atoms with Gasteiger partial charge in [0.15, 0.2) is 0 Å². The summed E-state index contributed by atoms with van der Waals surface area (Å²) in [5.41, 5.74) is 1.84. The Morgan fingerprint density at radius 2 is 2.00 bits per heavy atom. The van der Waals surface area contributed by atoms with E-state index in [-0.39, 0.29) is 5.69 Å². The number of benzene rings is 1. The number of H-pyrrole nitrogens is 1. The molecule has 0 unspecified atom stereocenters. The van der Waals surface area contributed by atoms with Gasteiger partial charge in [-0.05, 0) is 33.6 Å². The zero-order chi connectivity index (χ0) is 10.8. The molecule has 0 atom stereocenters. The number of rotatable bonds is 2. The molecule has 0 saturated carbocycles. The van der Waals surface area contributed by atoms with E-state index in [0.717, 1.165) is 11.1 Å². The van der Waals surface area contributed by atoms with Gasteiger partial charge in [-0.3, -0.25) is 15.2 Å². The van der Waals surface area contributed by atoms with Crippen molar-refractivity contribution >= 4 is 21.6 Å². The number of nitro benzene ring substituents is 1. The number of halogens is 1. The Morgan fingerprint density at radius 1 is 1.33 bits per heavy atom. The van der Waals surface area contributed by atoms with Crippen LogP contribution in [0.5, 0.6) is 0 Å². The number of aromatic amines is 1. The summed E-state index contributed by atoms with van der Waals surface area (Å²) in [6.45, 7) is 0. The van der Waals surface area contributed by atoms with Crippen LogP contribution in [0, 0.1) is 10.1 Å². The Balaban J connectivity index is 2.40. The maximum absolute atomic E-state index is 10.4. The van der Waals surface area contributed by atoms with Crippen molar-refractivity contribution in [3.05, 3.63) is 45.2 Å². The number of nitrogens with one attached hydrogen (secondary N) is 1. The SMILES string of the molecule is O=[N+]([O-])c1ccc(-c2c[nH]nc2Br)cc1. The number of hydrogen-bond donors (Lipinski definition) is 1. The fraction of sp³-hybridized carbons (Fsp3) is 0. The van der Waals surface area contributed by atoms with Crippen LogP contribution in [0.15, 0.2) is 35.1 Å². The zero-order valence-electron chi connectivity index (χ0n) is 7.48. The molecule has 0 saturated heterocycles. The van der Waals surface area contributed by atoms with E-state index in [4.69, 9.17) is 0 Å². The fourth-order valence-corrected chi connectivity index (χ4v) is 1.68. The zero-order valence-corrected chi connectivity index (χ0v) is 9.06. The van der Waals surface area contributed by atoms with E-state index in [9.17, 15) is 10.1 Å². The monoisotopic (exact) mass is 267 g/mol. The van der Waals surface area contributed by atoms with Gasteiger partial charge in [0.25, 0.3) is 5.69 Å². The fourth-order valence-electron chi connectivity index (χ4n) is 1.24. The van der Waals surface area contributed by atoms with Gasteiger partial charge in [-0.1, -0.05) is 0 Å². The summed E-state index contributed by atoms with van der Waals surface area (Å²) < 4.78 is 0.691. The van der Waals surface area contributed by atoms with Gasteiger partial charge >= 0.3 is 0 Å². The van der Waals surface area contributed by atoms with Crippen LogP contribution in [0.25, 0.3) is 11.1 Å². The van der Waals surface area contributed by atoms with E-state index in [1.807, 2.05) is 0 Å². The third-order valence-corrected chi connectivity index (χ3v) is 2.59. The summed E-state index contributed by atoms with van der Waals surface area (Å²) in [4.78, 5) is 10.0. The smallest absolute Gasteiger partial charge is 0.269 e. The van der Waals surface area contributed by atoms with Crippen molar-refractivity contribution in [2.24, 2.45) is 0 Å². The van der Waals surface area contributed by atoms with Gasteiger partial charge in [0.2, 0.25) is 0 Å². The molecule has 0 aliphatic heterocycles. The lowest BCUT2D eigenvalue weighted by Gasteiger charge is -1.97. The maximum atomic E-state index is 10.4. The van der Waals surface area contributed by atoms with Gasteiger partial charge in [-0.25, -0.2) is 0 Å². The molecule has 76 valence electrons. The standard InChI is InChI=1S/C9H6BrN3O2/c10-9-8(5-11-12-9)6-1-3-7(4-2-6)13(14)15/h1-5H,(H,11,12). The minimum Gasteiger partial charge on any atom is -0.284 e. The van der Waals surface area contributed by atoms with Crippen LogP contribution < -0.4 is 0 Å². The Hall–Kier alpha value is -1.69. The second-order valence-electron chi connectivity index (χ2n) is 2.89. The lowest BCUT2D eigenvalue weighted by Crippen LogP contribution is -1.86. The summed E-state index contributed by atoms with van der Waals surface area (Å²) in [5.74, 6) is 0. The minimum atomic E-state index is -0.422. The summed E-state index contributed by atoms with van der Waals surface area (Å²) >= 11 is 3.27. The van der Waals surface area contributed by atoms with Crippen LogP contribution >= 0.6 is 15.9 Å². The van der Waals surface area contributed by atoms with Crippen LogP contribution in [-0.4, -0.2) is 15.1 Å². The third-order valence-electron chi connectivity index (χ3n) is 1.98. The summed E-state index contributed by atoms with van der Waals surface area (Å²) in [6.07, 6.45) is 1.73. The quantitative estimate of drug-likeness (QED) is 0.672. The second kappa shape index (κ2) is 3.82. The molecule has 1 heterocycles. The van der Waals surface area contributed by atoms with Gasteiger partial charge in [-0.15, -0.1) is 0 Å². The molecule has 1 N–H and O–H groups in total. The molecule has 1 aromatic heterocycles. The number of non-ortho nitro benzene ring substituents is 1. The summed E-state index contributed by atoms with van der Waals surface area (Å²) in [5, 5.41) is 17.1. The highest BCUT2D eigenvalue weighted by atomic mass is 79.9. The average Bonchev–Trinajstić information content (AvgIpc) is 2.65. The van der Waals surface area contributed by atoms with Crippen LogP contribution in [-0.2, 0) is 0 Å². The van der Waals surface area contributed by atoms with Crippen LogP contribution in [0.1, 0.15) is 0 Å². The highest BCUT2D eigenvalue weighted by Gasteiger charge is 2.08. The molecule has 1 aromatic carbocycles. The third kappa shape index (κ3) is 1.89. The first-order chi connectivity index (χ1) is 7.18. The Morgan fingerprint density at radius 3 is 2.47 bits per heavy atom. The lowest BCUT2D eigenvalue weighted by molar-refractivity contribution is -0.384. The van der Waals surface area contributed by atoms with E-state index in [0.29, 0.717) is 4.60 Å². The maximum Gasteiger partial charge on any atom is 0.269 e. The highest BCUT2D eigenvalue weighted by Crippen LogP contribution is 2.27. The van der Waals surface area contributed by atoms with Crippen molar-refractivity contribution in [2.75, 3.05) is 0 Å². The van der Waals surface area contributed by atoms with Crippen molar-refractivity contribution in [3.63, 3.8) is 0 Å². The normalized spacial score (nSPS) is 10.2. The van der Waals surface area contributed by atoms with Crippen molar-refractivity contribution in [2.45, 2.75) is 0 Å². The van der Waals surface area contributed by atoms with E-state index in [2.05, 4.69) is 26.1 Å². The molecule has 0 amide bonds. The Bertz CT molecular complexity index is 492. The molecule has 2 aromatic rings. The largest absolute Gasteiger partial charge is 0.284 e. The van der Waals surface area contributed by atoms with E-state index in [1.165, 1.54) is 12.1 Å². The molecule has 0 aliphatic rings. The average molecular weight is 268 g/mol. The first-order valence-electron chi connectivity index (χ1n) is 4.12. The predicted octanol–water partition coefficient (Wildman–Crippen LogP) is 2.75. The first-order valence-corrected chi connectivity index (χ1v) is 4.92. The molecule has 6 heteroatoms. The van der Waals surface area contributed by atoms with Crippen LogP contribution in [0.3, 0.4) is 0 Å². The highest BCUT2D eigenvalue weighted by molar-refractivity contribution is 9.10. The predicted molar refractivity (Wildman–Crippen MR) is 58.4 cm³/mol. The van der Waals surface area contributed by atoms with Gasteiger partial charge < -0.3 is 0 Å². The van der Waals surface area contributed by atoms with Crippen molar-refractivity contribution < 1.29 is 4.92 Å². The number of hydrogen-bond acceptors (Lipinski definition) is 3. The Labute approximate surface area is 93.4 Å². The molecule has 0 bridgehead atoms. The molecule has 0 spiro atoms. The van der Waals surface area contributed by atoms with Crippen molar-refractivity contribution in [3.8, 4) is 11.1 Å². The van der Waals surface area contributed by atoms with Gasteiger partial charge in [0.1, 0.15) is 4.60 Å². The summed E-state index contributed by atoms with van der Waals surface area (Å²) in [6, 6.07) is 6.31. The van der Waals surface area contributed by atoms with E-state index in [1.54, 1.807) is 18.3 Å². The molecule has 2 rings (SSSR count). The number of nitrogens with zero attached hydrogens (tertiary/aromatic N) is 2. The Kier molecular flexibility index (Phi) is 2.51. The first kappa shape index (κ1) is 9.85. The van der Waals surface area contributed by atoms with Crippen LogP contribution in [0.2, 0.25) is 0 Å². The van der Waals surface area contributed by atoms with Gasteiger partial charge in [0.05, 0.1) is 4.92 Å².